The lowest BCUT2D eigenvalue weighted by Crippen LogP contribution is -1.99. The number of hydrogen-bond donors (Lipinski definition) is 0. The van der Waals surface area contributed by atoms with E-state index in [0.717, 1.165) is 11.6 Å². The van der Waals surface area contributed by atoms with Crippen molar-refractivity contribution in [1.29, 1.82) is 5.26 Å². The zero-order valence-corrected chi connectivity index (χ0v) is 11.3. The van der Waals surface area contributed by atoms with Gasteiger partial charge < -0.3 is 4.74 Å². The number of ketones is 1. The van der Waals surface area contributed by atoms with Crippen molar-refractivity contribution in [2.75, 3.05) is 7.11 Å². The van der Waals surface area contributed by atoms with Crippen LogP contribution < -0.4 is 4.74 Å². The van der Waals surface area contributed by atoms with E-state index in [9.17, 15) is 9.18 Å². The molecule has 21 heavy (non-hydrogen) atoms. The average molecular weight is 281 g/mol. The predicted octanol–water partition coefficient (Wildman–Crippen LogP) is 3.60. The fourth-order valence-electron chi connectivity index (χ4n) is 1.85. The summed E-state index contributed by atoms with van der Waals surface area (Å²) in [6.07, 6.45) is 2.90. The van der Waals surface area contributed by atoms with E-state index < -0.39 is 5.82 Å². The quantitative estimate of drug-likeness (QED) is 0.635. The fraction of sp³-hybridized carbons (Fsp3) is 0.0588. The van der Waals surface area contributed by atoms with Crippen molar-refractivity contribution in [3.63, 3.8) is 0 Å². The van der Waals surface area contributed by atoms with E-state index in [1.807, 2.05) is 6.07 Å². The lowest BCUT2D eigenvalue weighted by Gasteiger charge is -2.05. The van der Waals surface area contributed by atoms with E-state index in [1.165, 1.54) is 25.3 Å². The first kappa shape index (κ1) is 14.5. The molecule has 0 aliphatic carbocycles. The molecule has 4 heteroatoms. The van der Waals surface area contributed by atoms with Crippen LogP contribution in [0, 0.1) is 17.1 Å². The average Bonchev–Trinajstić information content (AvgIpc) is 2.52. The molecule has 0 fully saturated rings. The maximum absolute atomic E-state index is 13.2. The normalized spacial score (nSPS) is 10.3. The van der Waals surface area contributed by atoms with Crippen molar-refractivity contribution in [2.24, 2.45) is 0 Å². The highest BCUT2D eigenvalue weighted by atomic mass is 19.1. The van der Waals surface area contributed by atoms with Crippen molar-refractivity contribution in [1.82, 2.24) is 0 Å². The van der Waals surface area contributed by atoms with E-state index in [-0.39, 0.29) is 11.3 Å². The molecule has 0 spiro atoms. The number of rotatable bonds is 4. The number of hydrogen-bond acceptors (Lipinski definition) is 3. The highest BCUT2D eigenvalue weighted by Crippen LogP contribution is 2.20. The van der Waals surface area contributed by atoms with E-state index in [4.69, 9.17) is 10.00 Å². The molecule has 0 aliphatic heterocycles. The molecule has 0 saturated heterocycles. The number of benzene rings is 2. The molecule has 2 aromatic rings. The minimum absolute atomic E-state index is 0.158. The van der Waals surface area contributed by atoms with Gasteiger partial charge in [0.1, 0.15) is 11.6 Å². The molecular weight excluding hydrogens is 269 g/mol. The summed E-state index contributed by atoms with van der Waals surface area (Å²) in [5, 5.41) is 8.82. The Labute approximate surface area is 121 Å². The second-order valence-electron chi connectivity index (χ2n) is 4.28. The number of carbonyl (C=O) groups excluding carboxylic acids is 1. The third-order valence-electron chi connectivity index (χ3n) is 2.87. The third kappa shape index (κ3) is 3.54. The molecule has 0 amide bonds. The first-order valence-corrected chi connectivity index (χ1v) is 6.20. The zero-order valence-electron chi connectivity index (χ0n) is 11.3. The Morgan fingerprint density at radius 2 is 2.10 bits per heavy atom. The maximum atomic E-state index is 13.2. The van der Waals surface area contributed by atoms with Gasteiger partial charge in [0.05, 0.1) is 24.3 Å². The first-order chi connectivity index (χ1) is 10.1. The van der Waals surface area contributed by atoms with Crippen LogP contribution >= 0.6 is 0 Å². The summed E-state index contributed by atoms with van der Waals surface area (Å²) in [6.45, 7) is 0. The second kappa shape index (κ2) is 6.49. The van der Waals surface area contributed by atoms with Crippen LogP contribution in [0.1, 0.15) is 21.5 Å². The lowest BCUT2D eigenvalue weighted by atomic mass is 10.1. The van der Waals surface area contributed by atoms with Crippen LogP contribution in [-0.2, 0) is 0 Å². The maximum Gasteiger partial charge on any atom is 0.189 e. The Hall–Kier alpha value is -2.93. The number of methoxy groups -OCH3 is 1. The molecule has 0 N–H and O–H groups in total. The fourth-order valence-corrected chi connectivity index (χ4v) is 1.85. The van der Waals surface area contributed by atoms with Gasteiger partial charge in [0.25, 0.3) is 0 Å². The van der Waals surface area contributed by atoms with Gasteiger partial charge in [-0.15, -0.1) is 0 Å². The molecule has 3 nitrogen and oxygen atoms in total. The largest absolute Gasteiger partial charge is 0.496 e. The highest BCUT2D eigenvalue weighted by molar-refractivity contribution is 6.08. The Balaban J connectivity index is 2.27. The molecule has 0 bridgehead atoms. The highest BCUT2D eigenvalue weighted by Gasteiger charge is 2.10. The van der Waals surface area contributed by atoms with Crippen molar-refractivity contribution in [3.05, 3.63) is 71.0 Å². The van der Waals surface area contributed by atoms with E-state index in [1.54, 1.807) is 30.3 Å². The number of nitrogens with zero attached hydrogens (tertiary/aromatic N) is 1. The smallest absolute Gasteiger partial charge is 0.189 e. The van der Waals surface area contributed by atoms with Crippen LogP contribution in [0.4, 0.5) is 4.39 Å². The van der Waals surface area contributed by atoms with Crippen LogP contribution in [0.25, 0.3) is 6.08 Å². The summed E-state index contributed by atoms with van der Waals surface area (Å²) in [4.78, 5) is 12.1. The van der Waals surface area contributed by atoms with Crippen molar-refractivity contribution >= 4 is 11.9 Å². The number of nitriles is 1. The SMILES string of the molecule is COc1ccc(F)cc1C(=O)C=Cc1cccc(C#N)c1. The summed E-state index contributed by atoms with van der Waals surface area (Å²) in [5.74, 6) is -0.551. The Morgan fingerprint density at radius 3 is 2.81 bits per heavy atom. The predicted molar refractivity (Wildman–Crippen MR) is 77.5 cm³/mol. The molecule has 0 aliphatic rings. The molecule has 0 atom stereocenters. The molecule has 104 valence electrons. The topological polar surface area (TPSA) is 50.1 Å². The number of carbonyl (C=O) groups is 1. The summed E-state index contributed by atoms with van der Waals surface area (Å²) in [6, 6.07) is 12.6. The number of allylic oxidation sites excluding steroid dienone is 1. The Morgan fingerprint density at radius 1 is 1.29 bits per heavy atom. The van der Waals surface area contributed by atoms with Gasteiger partial charge in [-0.05, 0) is 42.0 Å². The van der Waals surface area contributed by atoms with Crippen molar-refractivity contribution in [3.8, 4) is 11.8 Å². The van der Waals surface area contributed by atoms with Gasteiger partial charge in [0.15, 0.2) is 5.78 Å². The van der Waals surface area contributed by atoms with Gasteiger partial charge in [0.2, 0.25) is 0 Å². The monoisotopic (exact) mass is 281 g/mol. The third-order valence-corrected chi connectivity index (χ3v) is 2.87. The summed E-state index contributed by atoms with van der Waals surface area (Å²) in [7, 11) is 1.42. The molecule has 0 unspecified atom stereocenters. The van der Waals surface area contributed by atoms with Crippen molar-refractivity contribution in [2.45, 2.75) is 0 Å². The zero-order chi connectivity index (χ0) is 15.2. The van der Waals surface area contributed by atoms with E-state index in [0.29, 0.717) is 11.3 Å². The molecule has 0 aromatic heterocycles. The summed E-state index contributed by atoms with van der Waals surface area (Å²) >= 11 is 0. The molecule has 2 rings (SSSR count). The molecule has 0 heterocycles. The van der Waals surface area contributed by atoms with Crippen LogP contribution in [0.2, 0.25) is 0 Å². The second-order valence-corrected chi connectivity index (χ2v) is 4.28. The minimum atomic E-state index is -0.501. The van der Waals surface area contributed by atoms with Crippen LogP contribution in [-0.4, -0.2) is 12.9 Å². The summed E-state index contributed by atoms with van der Waals surface area (Å²) < 4.78 is 18.3. The van der Waals surface area contributed by atoms with Gasteiger partial charge in [-0.25, -0.2) is 4.39 Å². The minimum Gasteiger partial charge on any atom is -0.496 e. The molecule has 0 radical (unpaired) electrons. The molecule has 2 aromatic carbocycles. The van der Waals surface area contributed by atoms with Crippen LogP contribution in [0.15, 0.2) is 48.5 Å². The lowest BCUT2D eigenvalue weighted by molar-refractivity contribution is 0.104. The molecule has 0 saturated carbocycles. The molecular formula is C17H12FNO2. The number of halogens is 1. The summed E-state index contributed by atoms with van der Waals surface area (Å²) in [5.41, 5.74) is 1.39. The van der Waals surface area contributed by atoms with Crippen LogP contribution in [0.5, 0.6) is 5.75 Å². The van der Waals surface area contributed by atoms with Gasteiger partial charge in [0, 0.05) is 0 Å². The van der Waals surface area contributed by atoms with Gasteiger partial charge in [-0.1, -0.05) is 18.2 Å². The Bertz CT molecular complexity index is 745. The van der Waals surface area contributed by atoms with Crippen molar-refractivity contribution < 1.29 is 13.9 Å². The van der Waals surface area contributed by atoms with Gasteiger partial charge >= 0.3 is 0 Å². The van der Waals surface area contributed by atoms with E-state index >= 15 is 0 Å². The first-order valence-electron chi connectivity index (χ1n) is 6.20. The standard InChI is InChI=1S/C17H12FNO2/c1-21-17-8-6-14(18)10-15(17)16(20)7-5-12-3-2-4-13(9-12)11-19/h2-10H,1H3. The van der Waals surface area contributed by atoms with Crippen LogP contribution in [0.3, 0.4) is 0 Å². The number of ether oxygens (including phenoxy) is 1. The van der Waals surface area contributed by atoms with Gasteiger partial charge in [-0.2, -0.15) is 5.26 Å². The van der Waals surface area contributed by atoms with E-state index in [2.05, 4.69) is 0 Å². The Kier molecular flexibility index (Phi) is 4.47. The van der Waals surface area contributed by atoms with Gasteiger partial charge in [-0.3, -0.25) is 4.79 Å².